The predicted molar refractivity (Wildman–Crippen MR) is 135 cm³/mol. The van der Waals surface area contributed by atoms with Crippen molar-refractivity contribution in [3.8, 4) is 0 Å². The molecule has 0 amide bonds. The van der Waals surface area contributed by atoms with Gasteiger partial charge in [0.1, 0.15) is 12.2 Å². The summed E-state index contributed by atoms with van der Waals surface area (Å²) in [5.74, 6) is 3.00. The minimum Gasteiger partial charge on any atom is -0.355 e. The van der Waals surface area contributed by atoms with Crippen LogP contribution in [0.3, 0.4) is 0 Å². The van der Waals surface area contributed by atoms with Gasteiger partial charge in [0.05, 0.1) is 6.04 Å². The minimum absolute atomic E-state index is 0. The first kappa shape index (κ1) is 25.7. The van der Waals surface area contributed by atoms with Crippen molar-refractivity contribution < 1.29 is 0 Å². The second-order valence-electron chi connectivity index (χ2n) is 6.76. The van der Waals surface area contributed by atoms with E-state index in [2.05, 4.69) is 76.7 Å². The molecular formula is C21H35IN6S. The number of benzene rings is 1. The molecule has 0 aliphatic carbocycles. The number of nitrogens with one attached hydrogen (secondary N) is 2. The smallest absolute Gasteiger partial charge is 0.191 e. The predicted octanol–water partition coefficient (Wildman–Crippen LogP) is 4.07. The Morgan fingerprint density at radius 3 is 2.62 bits per heavy atom. The Balaban J connectivity index is 0.00000420. The van der Waals surface area contributed by atoms with Crippen molar-refractivity contribution >= 4 is 41.7 Å². The second-order valence-corrected chi connectivity index (χ2v) is 7.74. The molecule has 2 rings (SSSR count). The third-order valence-electron chi connectivity index (χ3n) is 4.67. The summed E-state index contributed by atoms with van der Waals surface area (Å²) in [5, 5.41) is 15.2. The number of aryl methyl sites for hydroxylation is 2. The molecule has 6 nitrogen and oxygen atoms in total. The van der Waals surface area contributed by atoms with Gasteiger partial charge < -0.3 is 15.2 Å². The van der Waals surface area contributed by atoms with E-state index in [9.17, 15) is 0 Å². The summed E-state index contributed by atoms with van der Waals surface area (Å²) < 4.78 is 2.09. The highest BCUT2D eigenvalue weighted by Gasteiger charge is 2.09. The molecule has 0 saturated carbocycles. The molecule has 1 heterocycles. The summed E-state index contributed by atoms with van der Waals surface area (Å²) in [7, 11) is 0. The molecule has 0 saturated heterocycles. The highest BCUT2D eigenvalue weighted by atomic mass is 127. The molecule has 0 fully saturated rings. The van der Waals surface area contributed by atoms with E-state index in [0.29, 0.717) is 0 Å². The van der Waals surface area contributed by atoms with Gasteiger partial charge in [0.2, 0.25) is 0 Å². The molecule has 0 radical (unpaired) electrons. The maximum Gasteiger partial charge on any atom is 0.191 e. The van der Waals surface area contributed by atoms with Gasteiger partial charge in [-0.2, -0.15) is 11.8 Å². The van der Waals surface area contributed by atoms with E-state index in [1.54, 1.807) is 6.33 Å². The largest absolute Gasteiger partial charge is 0.355 e. The molecule has 1 atom stereocenters. The van der Waals surface area contributed by atoms with Crippen molar-refractivity contribution in [3.63, 3.8) is 0 Å². The summed E-state index contributed by atoms with van der Waals surface area (Å²) in [4.78, 5) is 4.76. The zero-order valence-electron chi connectivity index (χ0n) is 18.0. The highest BCUT2D eigenvalue weighted by molar-refractivity contribution is 14.0. The highest BCUT2D eigenvalue weighted by Crippen LogP contribution is 2.13. The first-order valence-electron chi connectivity index (χ1n) is 10.2. The molecule has 29 heavy (non-hydrogen) atoms. The molecule has 8 heteroatoms. The summed E-state index contributed by atoms with van der Waals surface area (Å²) >= 11 is 1.86. The zero-order chi connectivity index (χ0) is 20.2. The van der Waals surface area contributed by atoms with Gasteiger partial charge in [0.25, 0.3) is 0 Å². The quantitative estimate of drug-likeness (QED) is 0.199. The van der Waals surface area contributed by atoms with E-state index < -0.39 is 0 Å². The van der Waals surface area contributed by atoms with E-state index in [1.165, 1.54) is 11.1 Å². The van der Waals surface area contributed by atoms with Crippen LogP contribution in [0.2, 0.25) is 0 Å². The van der Waals surface area contributed by atoms with Crippen LogP contribution in [0.4, 0.5) is 0 Å². The van der Waals surface area contributed by atoms with Crippen LogP contribution in [0.5, 0.6) is 0 Å². The Hall–Kier alpha value is -1.29. The monoisotopic (exact) mass is 530 g/mol. The number of thioether (sulfide) groups is 1. The summed E-state index contributed by atoms with van der Waals surface area (Å²) in [6.45, 7) is 8.88. The Morgan fingerprint density at radius 1 is 1.21 bits per heavy atom. The van der Waals surface area contributed by atoms with Crippen LogP contribution in [0.1, 0.15) is 50.2 Å². The van der Waals surface area contributed by atoms with E-state index in [0.717, 1.165) is 56.4 Å². The van der Waals surface area contributed by atoms with Crippen molar-refractivity contribution in [3.05, 3.63) is 47.5 Å². The molecule has 2 aromatic rings. The number of hydrogen-bond donors (Lipinski definition) is 2. The molecule has 1 aromatic carbocycles. The normalized spacial score (nSPS) is 12.3. The van der Waals surface area contributed by atoms with Gasteiger partial charge in [0, 0.05) is 26.1 Å². The van der Waals surface area contributed by atoms with Crippen LogP contribution >= 0.6 is 35.7 Å². The van der Waals surface area contributed by atoms with Crippen molar-refractivity contribution in [1.29, 1.82) is 0 Å². The number of rotatable bonds is 11. The Kier molecular flexibility index (Phi) is 13.0. The Labute approximate surface area is 196 Å². The number of aliphatic imine (C=N–C) groups is 1. The van der Waals surface area contributed by atoms with Gasteiger partial charge in [-0.25, -0.2) is 0 Å². The maximum absolute atomic E-state index is 4.76. The Bertz CT molecular complexity index is 716. The van der Waals surface area contributed by atoms with Crippen LogP contribution in [0.15, 0.2) is 35.6 Å². The first-order chi connectivity index (χ1) is 13.7. The van der Waals surface area contributed by atoms with Crippen molar-refractivity contribution in [2.45, 2.75) is 52.6 Å². The van der Waals surface area contributed by atoms with Crippen molar-refractivity contribution in [2.24, 2.45) is 4.99 Å². The van der Waals surface area contributed by atoms with Crippen LogP contribution in [0, 0.1) is 0 Å². The van der Waals surface area contributed by atoms with Gasteiger partial charge in [-0.05, 0) is 42.9 Å². The van der Waals surface area contributed by atoms with Crippen molar-refractivity contribution in [1.82, 2.24) is 25.4 Å². The molecule has 0 aliphatic heterocycles. The van der Waals surface area contributed by atoms with Crippen LogP contribution in [0.25, 0.3) is 0 Å². The average molecular weight is 531 g/mol. The summed E-state index contributed by atoms with van der Waals surface area (Å²) in [6.07, 6.45) is 6.96. The first-order valence-corrected chi connectivity index (χ1v) is 11.6. The fourth-order valence-electron chi connectivity index (χ4n) is 2.92. The summed E-state index contributed by atoms with van der Waals surface area (Å²) in [5.41, 5.74) is 2.63. The van der Waals surface area contributed by atoms with E-state index >= 15 is 0 Å². The third kappa shape index (κ3) is 8.94. The fourth-order valence-corrected chi connectivity index (χ4v) is 3.33. The summed E-state index contributed by atoms with van der Waals surface area (Å²) in [6, 6.07) is 9.00. The molecule has 1 unspecified atom stereocenters. The number of halogens is 1. The third-order valence-corrected chi connectivity index (χ3v) is 5.37. The lowest BCUT2D eigenvalue weighted by Crippen LogP contribution is -2.40. The number of aromatic nitrogens is 3. The average Bonchev–Trinajstić information content (AvgIpc) is 3.18. The van der Waals surface area contributed by atoms with Gasteiger partial charge in [-0.15, -0.1) is 34.2 Å². The molecule has 2 N–H and O–H groups in total. The van der Waals surface area contributed by atoms with Crippen LogP contribution in [-0.4, -0.2) is 45.8 Å². The van der Waals surface area contributed by atoms with E-state index in [4.69, 9.17) is 4.99 Å². The van der Waals surface area contributed by atoms with Crippen LogP contribution < -0.4 is 10.6 Å². The molecule has 0 spiro atoms. The lowest BCUT2D eigenvalue weighted by Gasteiger charge is -2.19. The molecule has 0 aliphatic rings. The topological polar surface area (TPSA) is 67.1 Å². The second kappa shape index (κ2) is 14.7. The van der Waals surface area contributed by atoms with E-state index in [1.807, 2.05) is 11.8 Å². The molecule has 1 aromatic heterocycles. The Morgan fingerprint density at radius 2 is 1.97 bits per heavy atom. The number of hydrogen-bond acceptors (Lipinski definition) is 4. The fraction of sp³-hybridized carbons (Fsp3) is 0.571. The SMILES string of the molecule is CCc1ccc(C(C)NC(=NCCCSC)NCCn2cnnc2CC)cc1.I. The lowest BCUT2D eigenvalue weighted by molar-refractivity contribution is 0.618. The minimum atomic E-state index is 0. The van der Waals surface area contributed by atoms with Gasteiger partial charge >= 0.3 is 0 Å². The standard InChI is InChI=1S/C21H34N6S.HI/c1-5-18-8-10-19(11-9-18)17(3)25-21(22-12-7-15-28-4)23-13-14-27-16-24-26-20(27)6-2;/h8-11,16-17H,5-7,12-15H2,1-4H3,(H2,22,23,25);1H. The van der Waals surface area contributed by atoms with Crippen LogP contribution in [-0.2, 0) is 19.4 Å². The molecular weight excluding hydrogens is 495 g/mol. The maximum atomic E-state index is 4.76. The number of nitrogens with zero attached hydrogens (tertiary/aromatic N) is 4. The molecule has 162 valence electrons. The van der Waals surface area contributed by atoms with Gasteiger partial charge in [0.15, 0.2) is 5.96 Å². The van der Waals surface area contributed by atoms with Gasteiger partial charge in [-0.1, -0.05) is 38.1 Å². The molecule has 0 bridgehead atoms. The van der Waals surface area contributed by atoms with Gasteiger partial charge in [-0.3, -0.25) is 4.99 Å². The number of guanidine groups is 1. The van der Waals surface area contributed by atoms with E-state index in [-0.39, 0.29) is 30.0 Å². The van der Waals surface area contributed by atoms with Crippen molar-refractivity contribution in [2.75, 3.05) is 25.1 Å². The lowest BCUT2D eigenvalue weighted by atomic mass is 10.1. The zero-order valence-corrected chi connectivity index (χ0v) is 21.2.